The number of guanidine groups is 1. The first-order valence-corrected chi connectivity index (χ1v) is 10.1. The van der Waals surface area contributed by atoms with Gasteiger partial charge >= 0.3 is 0 Å². The van der Waals surface area contributed by atoms with E-state index in [0.29, 0.717) is 6.54 Å². The molecule has 162 valence electrons. The largest absolute Gasteiger partial charge is 0.497 e. The van der Waals surface area contributed by atoms with Crippen LogP contribution in [0.15, 0.2) is 41.7 Å². The summed E-state index contributed by atoms with van der Waals surface area (Å²) in [6.45, 7) is 6.26. The van der Waals surface area contributed by atoms with Crippen LogP contribution >= 0.6 is 0 Å². The Kier molecular flexibility index (Phi) is 8.08. The number of rotatable bonds is 8. The molecule has 3 rings (SSSR count). The fourth-order valence-corrected chi connectivity index (χ4v) is 3.36. The van der Waals surface area contributed by atoms with Crippen molar-refractivity contribution in [3.63, 3.8) is 0 Å². The SMILES string of the molecule is CN=C(NCCN1CCN(c2ncccn2)CC1)NCc1ccc(OC)cc1OC. The summed E-state index contributed by atoms with van der Waals surface area (Å²) in [5.74, 6) is 3.15. The minimum absolute atomic E-state index is 0.614. The summed E-state index contributed by atoms with van der Waals surface area (Å²) in [6, 6.07) is 7.65. The van der Waals surface area contributed by atoms with Crippen LogP contribution in [-0.2, 0) is 6.54 Å². The maximum atomic E-state index is 5.46. The molecule has 1 aliphatic rings. The van der Waals surface area contributed by atoms with E-state index >= 15 is 0 Å². The van der Waals surface area contributed by atoms with Crippen LogP contribution in [0, 0.1) is 0 Å². The van der Waals surface area contributed by atoms with Crippen molar-refractivity contribution >= 4 is 11.9 Å². The summed E-state index contributed by atoms with van der Waals surface area (Å²) in [7, 11) is 5.09. The van der Waals surface area contributed by atoms with E-state index in [9.17, 15) is 0 Å². The van der Waals surface area contributed by atoms with Crippen LogP contribution in [0.25, 0.3) is 0 Å². The monoisotopic (exact) mass is 413 g/mol. The summed E-state index contributed by atoms with van der Waals surface area (Å²) in [5, 5.41) is 6.72. The molecule has 1 fully saturated rings. The first kappa shape index (κ1) is 21.6. The van der Waals surface area contributed by atoms with Crippen molar-refractivity contribution < 1.29 is 9.47 Å². The number of nitrogens with zero attached hydrogens (tertiary/aromatic N) is 5. The maximum Gasteiger partial charge on any atom is 0.225 e. The molecule has 2 heterocycles. The molecular formula is C21H31N7O2. The smallest absolute Gasteiger partial charge is 0.225 e. The Labute approximate surface area is 178 Å². The van der Waals surface area contributed by atoms with Crippen LogP contribution in [-0.4, -0.2) is 81.4 Å². The summed E-state index contributed by atoms with van der Waals surface area (Å²) < 4.78 is 10.7. The zero-order chi connectivity index (χ0) is 21.2. The summed E-state index contributed by atoms with van der Waals surface area (Å²) in [5.41, 5.74) is 1.04. The third-order valence-corrected chi connectivity index (χ3v) is 5.09. The Bertz CT molecular complexity index is 808. The van der Waals surface area contributed by atoms with Gasteiger partial charge in [0.2, 0.25) is 5.95 Å². The Balaban J connectivity index is 1.39. The second-order valence-corrected chi connectivity index (χ2v) is 6.91. The quantitative estimate of drug-likeness (QED) is 0.489. The van der Waals surface area contributed by atoms with Gasteiger partial charge in [0.05, 0.1) is 14.2 Å². The molecule has 9 nitrogen and oxygen atoms in total. The number of nitrogens with one attached hydrogen (secondary N) is 2. The normalized spacial score (nSPS) is 15.0. The van der Waals surface area contributed by atoms with Gasteiger partial charge in [0.25, 0.3) is 0 Å². The number of methoxy groups -OCH3 is 2. The van der Waals surface area contributed by atoms with E-state index in [0.717, 1.165) is 68.2 Å². The lowest BCUT2D eigenvalue weighted by Crippen LogP contribution is -2.49. The van der Waals surface area contributed by atoms with E-state index in [1.54, 1.807) is 33.7 Å². The highest BCUT2D eigenvalue weighted by molar-refractivity contribution is 5.79. The number of anilines is 1. The van der Waals surface area contributed by atoms with E-state index < -0.39 is 0 Å². The lowest BCUT2D eigenvalue weighted by atomic mass is 10.2. The molecule has 2 aromatic rings. The van der Waals surface area contributed by atoms with Crippen LogP contribution in [0.4, 0.5) is 5.95 Å². The second-order valence-electron chi connectivity index (χ2n) is 6.91. The van der Waals surface area contributed by atoms with Gasteiger partial charge in [-0.1, -0.05) is 0 Å². The van der Waals surface area contributed by atoms with E-state index in [1.807, 2.05) is 24.3 Å². The van der Waals surface area contributed by atoms with E-state index in [-0.39, 0.29) is 0 Å². The summed E-state index contributed by atoms with van der Waals surface area (Å²) >= 11 is 0. The lowest BCUT2D eigenvalue weighted by molar-refractivity contribution is 0.260. The van der Waals surface area contributed by atoms with Crippen LogP contribution < -0.4 is 25.0 Å². The van der Waals surface area contributed by atoms with Gasteiger partial charge in [0.1, 0.15) is 11.5 Å². The zero-order valence-corrected chi connectivity index (χ0v) is 18.0. The van der Waals surface area contributed by atoms with Gasteiger partial charge in [-0.2, -0.15) is 0 Å². The van der Waals surface area contributed by atoms with Crippen molar-refractivity contribution in [2.24, 2.45) is 4.99 Å². The molecule has 0 atom stereocenters. The van der Waals surface area contributed by atoms with Crippen LogP contribution in [0.2, 0.25) is 0 Å². The number of piperazine rings is 1. The highest BCUT2D eigenvalue weighted by Gasteiger charge is 2.18. The van der Waals surface area contributed by atoms with Gasteiger partial charge in [-0.3, -0.25) is 9.89 Å². The fourth-order valence-electron chi connectivity index (χ4n) is 3.36. The van der Waals surface area contributed by atoms with Gasteiger partial charge < -0.3 is 25.0 Å². The van der Waals surface area contributed by atoms with Gasteiger partial charge in [0.15, 0.2) is 5.96 Å². The van der Waals surface area contributed by atoms with E-state index in [1.165, 1.54) is 0 Å². The molecule has 0 spiro atoms. The van der Waals surface area contributed by atoms with Crippen molar-refractivity contribution in [1.82, 2.24) is 25.5 Å². The number of hydrogen-bond donors (Lipinski definition) is 2. The Hall–Kier alpha value is -3.07. The van der Waals surface area contributed by atoms with Gasteiger partial charge in [-0.15, -0.1) is 0 Å². The molecule has 1 aliphatic heterocycles. The highest BCUT2D eigenvalue weighted by Crippen LogP contribution is 2.24. The third kappa shape index (κ3) is 5.96. The number of benzene rings is 1. The Morgan fingerprint density at radius 3 is 2.50 bits per heavy atom. The molecule has 2 N–H and O–H groups in total. The van der Waals surface area contributed by atoms with E-state index in [4.69, 9.17) is 9.47 Å². The second kappa shape index (κ2) is 11.2. The standard InChI is InChI=1S/C21H31N7O2/c1-22-20(26-16-17-5-6-18(29-2)15-19(17)30-3)23-9-10-27-11-13-28(14-12-27)21-24-7-4-8-25-21/h4-8,15H,9-14,16H2,1-3H3,(H2,22,23,26). The maximum absolute atomic E-state index is 5.46. The lowest BCUT2D eigenvalue weighted by Gasteiger charge is -2.34. The molecule has 0 bridgehead atoms. The third-order valence-electron chi connectivity index (χ3n) is 5.09. The highest BCUT2D eigenvalue weighted by atomic mass is 16.5. The van der Waals surface area contributed by atoms with Gasteiger partial charge in [-0.25, -0.2) is 9.97 Å². The molecule has 9 heteroatoms. The predicted molar refractivity (Wildman–Crippen MR) is 118 cm³/mol. The van der Waals surface area contributed by atoms with Crippen molar-refractivity contribution in [2.75, 3.05) is 65.4 Å². The van der Waals surface area contributed by atoms with E-state index in [2.05, 4.69) is 35.4 Å². The first-order chi connectivity index (χ1) is 14.7. The molecule has 0 radical (unpaired) electrons. The van der Waals surface area contributed by atoms with Crippen molar-refractivity contribution in [2.45, 2.75) is 6.54 Å². The first-order valence-electron chi connectivity index (χ1n) is 10.1. The van der Waals surface area contributed by atoms with Crippen molar-refractivity contribution in [3.05, 3.63) is 42.2 Å². The molecule has 1 aromatic carbocycles. The Morgan fingerprint density at radius 2 is 1.83 bits per heavy atom. The fraction of sp³-hybridized carbons (Fsp3) is 0.476. The molecular weight excluding hydrogens is 382 g/mol. The summed E-state index contributed by atoms with van der Waals surface area (Å²) in [4.78, 5) is 17.6. The molecule has 0 unspecified atom stereocenters. The minimum Gasteiger partial charge on any atom is -0.497 e. The van der Waals surface area contributed by atoms with Crippen molar-refractivity contribution in [1.29, 1.82) is 0 Å². The number of aliphatic imine (C=N–C) groups is 1. The molecule has 1 saturated heterocycles. The van der Waals surface area contributed by atoms with Crippen LogP contribution in [0.1, 0.15) is 5.56 Å². The molecule has 0 saturated carbocycles. The van der Waals surface area contributed by atoms with Crippen LogP contribution in [0.5, 0.6) is 11.5 Å². The molecule has 1 aromatic heterocycles. The zero-order valence-electron chi connectivity index (χ0n) is 18.0. The number of hydrogen-bond acceptors (Lipinski definition) is 7. The van der Waals surface area contributed by atoms with Crippen LogP contribution in [0.3, 0.4) is 0 Å². The molecule has 0 aliphatic carbocycles. The predicted octanol–water partition coefficient (Wildman–Crippen LogP) is 0.981. The summed E-state index contributed by atoms with van der Waals surface area (Å²) in [6.07, 6.45) is 3.58. The topological polar surface area (TPSA) is 87.1 Å². The average Bonchev–Trinajstić information content (AvgIpc) is 2.82. The number of aromatic nitrogens is 2. The van der Waals surface area contributed by atoms with Gasteiger partial charge in [-0.05, 0) is 18.2 Å². The van der Waals surface area contributed by atoms with Gasteiger partial charge in [0, 0.05) is 76.9 Å². The molecule has 0 amide bonds. The Morgan fingerprint density at radius 1 is 1.07 bits per heavy atom. The number of ether oxygens (including phenoxy) is 2. The molecule has 30 heavy (non-hydrogen) atoms. The van der Waals surface area contributed by atoms with Crippen molar-refractivity contribution in [3.8, 4) is 11.5 Å². The minimum atomic E-state index is 0.614. The average molecular weight is 414 g/mol.